The van der Waals surface area contributed by atoms with E-state index in [1.807, 2.05) is 24.3 Å². The van der Waals surface area contributed by atoms with Gasteiger partial charge in [0.15, 0.2) is 0 Å². The molecule has 2 aromatic rings. The van der Waals surface area contributed by atoms with Crippen LogP contribution in [0.3, 0.4) is 0 Å². The average molecular weight is 399 g/mol. The van der Waals surface area contributed by atoms with Gasteiger partial charge in [-0.25, -0.2) is 0 Å². The number of aromatic nitrogens is 1. The number of benzene rings is 1. The van der Waals surface area contributed by atoms with Crippen LogP contribution >= 0.6 is 0 Å². The number of amides is 3. The van der Waals surface area contributed by atoms with Gasteiger partial charge in [0.1, 0.15) is 6.04 Å². The number of azide groups is 1. The Morgan fingerprint density at radius 2 is 2.00 bits per heavy atom. The van der Waals surface area contributed by atoms with Crippen LogP contribution in [0.25, 0.3) is 21.3 Å². The number of nitrogens with zero attached hydrogens (tertiary/aromatic N) is 3. The van der Waals surface area contributed by atoms with Crippen LogP contribution in [0, 0.1) is 0 Å². The third-order valence-electron chi connectivity index (χ3n) is 4.38. The molecule has 2 rings (SSSR count). The van der Waals surface area contributed by atoms with Gasteiger partial charge in [-0.05, 0) is 30.0 Å². The normalized spacial score (nSPS) is 11.4. The second kappa shape index (κ2) is 11.4. The summed E-state index contributed by atoms with van der Waals surface area (Å²) in [5.41, 5.74) is 15.2. The Morgan fingerprint density at radius 1 is 1.21 bits per heavy atom. The number of carbonyl (C=O) groups is 3. The van der Waals surface area contributed by atoms with Crippen molar-refractivity contribution < 1.29 is 14.4 Å². The van der Waals surface area contributed by atoms with Gasteiger partial charge in [-0.2, -0.15) is 0 Å². The van der Waals surface area contributed by atoms with E-state index in [0.29, 0.717) is 19.5 Å². The standard InChI is InChI=1S/C19H25N7O3/c20-17(27)11-16(19(29)22-8-4-1-5-9-24-26-21)25-18(28)10-13-12-23-15-7-3-2-6-14(13)15/h2-3,6-7,12,16,23H,1,4-5,8-11H2,(H2,20,27)(H,22,29)(H,25,28)/t16-/m0/s1. The molecule has 0 aliphatic heterocycles. The molecule has 1 aromatic heterocycles. The minimum Gasteiger partial charge on any atom is -0.370 e. The fourth-order valence-corrected chi connectivity index (χ4v) is 2.97. The molecule has 0 aliphatic carbocycles. The second-order valence-corrected chi connectivity index (χ2v) is 6.63. The van der Waals surface area contributed by atoms with Crippen LogP contribution in [-0.2, 0) is 20.8 Å². The Hall–Kier alpha value is -3.52. The molecule has 0 saturated heterocycles. The quantitative estimate of drug-likeness (QED) is 0.185. The number of fused-ring (bicyclic) bond motifs is 1. The van der Waals surface area contributed by atoms with Crippen molar-refractivity contribution in [3.8, 4) is 0 Å². The number of aromatic amines is 1. The Kier molecular flexibility index (Phi) is 8.52. The summed E-state index contributed by atoms with van der Waals surface area (Å²) >= 11 is 0. The zero-order valence-electron chi connectivity index (χ0n) is 16.1. The lowest BCUT2D eigenvalue weighted by atomic mass is 10.1. The summed E-state index contributed by atoms with van der Waals surface area (Å²) in [7, 11) is 0. The number of rotatable bonds is 12. The molecule has 0 bridgehead atoms. The number of H-pyrrole nitrogens is 1. The lowest BCUT2D eigenvalue weighted by Crippen LogP contribution is -2.49. The number of nitrogens with one attached hydrogen (secondary N) is 3. The number of hydrogen-bond acceptors (Lipinski definition) is 4. The highest BCUT2D eigenvalue weighted by Gasteiger charge is 2.23. The van der Waals surface area contributed by atoms with Crippen LogP contribution in [0.4, 0.5) is 0 Å². The number of unbranched alkanes of at least 4 members (excludes halogenated alkanes) is 2. The lowest BCUT2D eigenvalue weighted by molar-refractivity contribution is -0.130. The topological polar surface area (TPSA) is 166 Å². The summed E-state index contributed by atoms with van der Waals surface area (Å²) in [4.78, 5) is 41.9. The molecular formula is C19H25N7O3. The highest BCUT2D eigenvalue weighted by atomic mass is 16.2. The fraction of sp³-hybridized carbons (Fsp3) is 0.421. The smallest absolute Gasteiger partial charge is 0.243 e. The largest absolute Gasteiger partial charge is 0.370 e. The third-order valence-corrected chi connectivity index (χ3v) is 4.38. The van der Waals surface area contributed by atoms with Gasteiger partial charge in [-0.3, -0.25) is 14.4 Å². The van der Waals surface area contributed by atoms with E-state index in [4.69, 9.17) is 11.3 Å². The summed E-state index contributed by atoms with van der Waals surface area (Å²) < 4.78 is 0. The van der Waals surface area contributed by atoms with E-state index in [0.717, 1.165) is 29.3 Å². The molecule has 0 fully saturated rings. The van der Waals surface area contributed by atoms with Gasteiger partial charge in [-0.1, -0.05) is 29.7 Å². The molecule has 1 atom stereocenters. The van der Waals surface area contributed by atoms with Gasteiger partial charge < -0.3 is 21.4 Å². The number of para-hydroxylation sites is 1. The number of carbonyl (C=O) groups excluding carboxylic acids is 3. The monoisotopic (exact) mass is 399 g/mol. The summed E-state index contributed by atoms with van der Waals surface area (Å²) in [5, 5.41) is 9.67. The van der Waals surface area contributed by atoms with Gasteiger partial charge in [-0.15, -0.1) is 0 Å². The SMILES string of the molecule is [N-]=[N+]=NCCCCCNC(=O)[C@H](CC(N)=O)NC(=O)Cc1c[nH]c2ccccc12. The molecule has 5 N–H and O–H groups in total. The maximum Gasteiger partial charge on any atom is 0.243 e. The average Bonchev–Trinajstić information content (AvgIpc) is 3.09. The van der Waals surface area contributed by atoms with Gasteiger partial charge in [0.25, 0.3) is 0 Å². The van der Waals surface area contributed by atoms with E-state index in [9.17, 15) is 14.4 Å². The van der Waals surface area contributed by atoms with E-state index in [1.54, 1.807) is 6.20 Å². The molecule has 0 unspecified atom stereocenters. The Morgan fingerprint density at radius 3 is 2.76 bits per heavy atom. The molecule has 0 saturated carbocycles. The molecule has 1 aromatic carbocycles. The van der Waals surface area contributed by atoms with Crippen molar-refractivity contribution in [1.82, 2.24) is 15.6 Å². The minimum atomic E-state index is -1.02. The maximum absolute atomic E-state index is 12.4. The van der Waals surface area contributed by atoms with E-state index < -0.39 is 17.9 Å². The maximum atomic E-state index is 12.4. The van der Waals surface area contributed by atoms with E-state index >= 15 is 0 Å². The van der Waals surface area contributed by atoms with E-state index in [2.05, 4.69) is 25.6 Å². The first-order chi connectivity index (χ1) is 14.0. The fourth-order valence-electron chi connectivity index (χ4n) is 2.97. The highest BCUT2D eigenvalue weighted by Crippen LogP contribution is 2.18. The van der Waals surface area contributed by atoms with Crippen molar-refractivity contribution in [2.24, 2.45) is 10.8 Å². The summed E-state index contributed by atoms with van der Waals surface area (Å²) in [6, 6.07) is 6.57. The molecule has 3 amide bonds. The van der Waals surface area contributed by atoms with Crippen molar-refractivity contribution in [2.75, 3.05) is 13.1 Å². The Bertz CT molecular complexity index is 902. The molecule has 10 heteroatoms. The van der Waals surface area contributed by atoms with E-state index in [-0.39, 0.29) is 18.7 Å². The van der Waals surface area contributed by atoms with Crippen LogP contribution in [0.1, 0.15) is 31.2 Å². The van der Waals surface area contributed by atoms with Crippen molar-refractivity contribution in [3.63, 3.8) is 0 Å². The first-order valence-electron chi connectivity index (χ1n) is 9.42. The van der Waals surface area contributed by atoms with Crippen molar-refractivity contribution >= 4 is 28.6 Å². The van der Waals surface area contributed by atoms with Gasteiger partial charge in [0, 0.05) is 35.1 Å². The zero-order chi connectivity index (χ0) is 21.1. The second-order valence-electron chi connectivity index (χ2n) is 6.63. The predicted molar refractivity (Wildman–Crippen MR) is 109 cm³/mol. The minimum absolute atomic E-state index is 0.0754. The summed E-state index contributed by atoms with van der Waals surface area (Å²) in [6.07, 6.45) is 3.76. The molecule has 0 radical (unpaired) electrons. The number of hydrogen-bond donors (Lipinski definition) is 4. The van der Waals surface area contributed by atoms with Gasteiger partial charge in [0.05, 0.1) is 12.8 Å². The Balaban J connectivity index is 1.86. The molecule has 29 heavy (non-hydrogen) atoms. The first-order valence-corrected chi connectivity index (χ1v) is 9.42. The summed E-state index contributed by atoms with van der Waals surface area (Å²) in [6.45, 7) is 0.807. The first kappa shape index (κ1) is 21.8. The molecule has 0 aliphatic rings. The number of nitrogens with two attached hydrogens (primary N) is 1. The zero-order valence-corrected chi connectivity index (χ0v) is 16.1. The molecule has 10 nitrogen and oxygen atoms in total. The highest BCUT2D eigenvalue weighted by molar-refractivity contribution is 5.93. The molecular weight excluding hydrogens is 374 g/mol. The van der Waals surface area contributed by atoms with Crippen LogP contribution < -0.4 is 16.4 Å². The molecule has 154 valence electrons. The lowest BCUT2D eigenvalue weighted by Gasteiger charge is -2.17. The van der Waals surface area contributed by atoms with Gasteiger partial charge >= 0.3 is 0 Å². The van der Waals surface area contributed by atoms with E-state index in [1.165, 1.54) is 0 Å². The van der Waals surface area contributed by atoms with Crippen LogP contribution in [-0.4, -0.2) is 41.8 Å². The number of primary amides is 1. The van der Waals surface area contributed by atoms with Crippen LogP contribution in [0.15, 0.2) is 35.6 Å². The Labute approximate surface area is 167 Å². The van der Waals surface area contributed by atoms with Gasteiger partial charge in [0.2, 0.25) is 17.7 Å². The van der Waals surface area contributed by atoms with Crippen LogP contribution in [0.5, 0.6) is 0 Å². The van der Waals surface area contributed by atoms with Crippen molar-refractivity contribution in [1.29, 1.82) is 0 Å². The van der Waals surface area contributed by atoms with Crippen molar-refractivity contribution in [3.05, 3.63) is 46.5 Å². The molecule has 0 spiro atoms. The molecule has 1 heterocycles. The van der Waals surface area contributed by atoms with Crippen LogP contribution in [0.2, 0.25) is 0 Å². The van der Waals surface area contributed by atoms with Crippen molar-refractivity contribution in [2.45, 2.75) is 38.1 Å². The predicted octanol–water partition coefficient (Wildman–Crippen LogP) is 1.67. The summed E-state index contributed by atoms with van der Waals surface area (Å²) in [5.74, 6) is -1.50. The third kappa shape index (κ3) is 7.19.